The lowest BCUT2D eigenvalue weighted by molar-refractivity contribution is -0.119. The number of nitrogens with two attached hydrogens (primary N) is 1. The number of rotatable bonds is 5. The first-order valence-electron chi connectivity index (χ1n) is 5.79. The fraction of sp³-hybridized carbons (Fsp3) is 0.385. The molecule has 1 amide bonds. The van der Waals surface area contributed by atoms with Gasteiger partial charge >= 0.3 is 0 Å². The molecule has 0 aliphatic heterocycles. The molecule has 1 rings (SSSR count). The molecule has 96 valence electrons. The maximum atomic E-state index is 11.9. The summed E-state index contributed by atoms with van der Waals surface area (Å²) in [7, 11) is 0. The van der Waals surface area contributed by atoms with Crippen molar-refractivity contribution in [3.8, 4) is 6.07 Å². The third-order valence-corrected chi connectivity index (χ3v) is 2.97. The van der Waals surface area contributed by atoms with E-state index in [9.17, 15) is 4.79 Å². The van der Waals surface area contributed by atoms with Gasteiger partial charge < -0.3 is 11.1 Å². The third kappa shape index (κ3) is 4.02. The van der Waals surface area contributed by atoms with E-state index in [2.05, 4.69) is 5.32 Å². The number of hydrogen-bond acceptors (Lipinski definition) is 3. The summed E-state index contributed by atoms with van der Waals surface area (Å²) in [5, 5.41) is 11.9. The third-order valence-electron chi connectivity index (χ3n) is 2.64. The minimum atomic E-state index is -0.129. The molecule has 0 radical (unpaired) electrons. The molecule has 0 saturated heterocycles. The molecule has 0 aromatic heterocycles. The summed E-state index contributed by atoms with van der Waals surface area (Å²) in [5.74, 6) is -0.240. The van der Waals surface area contributed by atoms with Crippen molar-refractivity contribution >= 4 is 23.2 Å². The van der Waals surface area contributed by atoms with Crippen LogP contribution in [0.3, 0.4) is 0 Å². The first-order valence-corrected chi connectivity index (χ1v) is 6.17. The van der Waals surface area contributed by atoms with Crippen molar-refractivity contribution in [2.75, 3.05) is 11.9 Å². The number of hydrogen-bond donors (Lipinski definition) is 2. The minimum absolute atomic E-state index is 0.111. The van der Waals surface area contributed by atoms with Crippen LogP contribution >= 0.6 is 11.6 Å². The Balaban J connectivity index is 2.72. The lowest BCUT2D eigenvalue weighted by Crippen LogP contribution is -2.21. The van der Waals surface area contributed by atoms with Crippen molar-refractivity contribution in [2.45, 2.75) is 19.8 Å². The van der Waals surface area contributed by atoms with Gasteiger partial charge in [0.25, 0.3) is 0 Å². The number of halogens is 1. The highest BCUT2D eigenvalue weighted by Crippen LogP contribution is 2.23. The molecular weight excluding hydrogens is 250 g/mol. The second-order valence-electron chi connectivity index (χ2n) is 4.13. The zero-order valence-electron chi connectivity index (χ0n) is 10.2. The van der Waals surface area contributed by atoms with Crippen molar-refractivity contribution in [2.24, 2.45) is 11.7 Å². The molecule has 0 heterocycles. The van der Waals surface area contributed by atoms with E-state index in [0.717, 1.165) is 12.8 Å². The van der Waals surface area contributed by atoms with Gasteiger partial charge in [0.1, 0.15) is 0 Å². The lowest BCUT2D eigenvalue weighted by atomic mass is 10.0. The highest BCUT2D eigenvalue weighted by atomic mass is 35.5. The van der Waals surface area contributed by atoms with Crippen molar-refractivity contribution in [3.05, 3.63) is 28.8 Å². The van der Waals surface area contributed by atoms with Crippen LogP contribution in [0.25, 0.3) is 0 Å². The zero-order chi connectivity index (χ0) is 13.5. The molecule has 0 aliphatic rings. The van der Waals surface area contributed by atoms with Crippen LogP contribution in [0.4, 0.5) is 5.69 Å². The summed E-state index contributed by atoms with van der Waals surface area (Å²) >= 11 is 5.96. The molecule has 0 spiro atoms. The Kier molecular flexibility index (Phi) is 5.63. The number of carbonyl (C=O) groups is 1. The van der Waals surface area contributed by atoms with E-state index in [4.69, 9.17) is 22.6 Å². The molecule has 0 bridgehead atoms. The smallest absolute Gasteiger partial charge is 0.227 e. The molecule has 1 aromatic carbocycles. The molecule has 0 aliphatic carbocycles. The van der Waals surface area contributed by atoms with Gasteiger partial charge in [-0.1, -0.05) is 18.5 Å². The molecule has 3 N–H and O–H groups in total. The van der Waals surface area contributed by atoms with Gasteiger partial charge in [-0.25, -0.2) is 0 Å². The Hall–Kier alpha value is -1.57. The van der Waals surface area contributed by atoms with Gasteiger partial charge in [0.15, 0.2) is 0 Å². The fourth-order valence-corrected chi connectivity index (χ4v) is 1.67. The van der Waals surface area contributed by atoms with E-state index in [1.165, 1.54) is 0 Å². The monoisotopic (exact) mass is 265 g/mol. The first-order chi connectivity index (χ1) is 8.58. The molecule has 0 saturated carbocycles. The molecule has 4 nitrogen and oxygen atoms in total. The summed E-state index contributed by atoms with van der Waals surface area (Å²) in [4.78, 5) is 11.9. The Bertz CT molecular complexity index is 468. The fourth-order valence-electron chi connectivity index (χ4n) is 1.50. The van der Waals surface area contributed by atoms with Crippen LogP contribution in [0.1, 0.15) is 25.3 Å². The van der Waals surface area contributed by atoms with Crippen LogP contribution in [-0.2, 0) is 4.79 Å². The number of amides is 1. The molecule has 5 heteroatoms. The van der Waals surface area contributed by atoms with E-state index in [0.29, 0.717) is 22.8 Å². The van der Waals surface area contributed by atoms with Gasteiger partial charge in [-0.15, -0.1) is 0 Å². The number of anilines is 1. The Morgan fingerprint density at radius 2 is 2.33 bits per heavy atom. The average molecular weight is 266 g/mol. The van der Waals surface area contributed by atoms with Crippen LogP contribution in [-0.4, -0.2) is 12.5 Å². The summed E-state index contributed by atoms with van der Waals surface area (Å²) in [5.41, 5.74) is 6.34. The predicted octanol–water partition coefficient (Wildman–Crippen LogP) is 2.53. The van der Waals surface area contributed by atoms with Crippen molar-refractivity contribution in [1.82, 2.24) is 0 Å². The quantitative estimate of drug-likeness (QED) is 0.859. The van der Waals surface area contributed by atoms with Gasteiger partial charge in [-0.05, 0) is 37.6 Å². The second kappa shape index (κ2) is 7.00. The summed E-state index contributed by atoms with van der Waals surface area (Å²) < 4.78 is 0. The molecule has 18 heavy (non-hydrogen) atoms. The lowest BCUT2D eigenvalue weighted by Gasteiger charge is -2.12. The Morgan fingerprint density at radius 1 is 1.61 bits per heavy atom. The van der Waals surface area contributed by atoms with Gasteiger partial charge in [-0.2, -0.15) is 5.26 Å². The molecular formula is C13H16ClN3O. The van der Waals surface area contributed by atoms with Crippen molar-refractivity contribution in [1.29, 1.82) is 5.26 Å². The van der Waals surface area contributed by atoms with E-state index >= 15 is 0 Å². The van der Waals surface area contributed by atoms with Crippen LogP contribution < -0.4 is 11.1 Å². The van der Waals surface area contributed by atoms with E-state index in [-0.39, 0.29) is 11.8 Å². The van der Waals surface area contributed by atoms with Gasteiger partial charge in [0.2, 0.25) is 5.91 Å². The summed E-state index contributed by atoms with van der Waals surface area (Å²) in [6, 6.07) is 6.77. The number of nitriles is 1. The molecule has 0 fully saturated rings. The topological polar surface area (TPSA) is 78.9 Å². The summed E-state index contributed by atoms with van der Waals surface area (Å²) in [6.45, 7) is 2.41. The first kappa shape index (κ1) is 14.5. The van der Waals surface area contributed by atoms with Crippen molar-refractivity contribution in [3.63, 3.8) is 0 Å². The van der Waals surface area contributed by atoms with Gasteiger partial charge in [0, 0.05) is 5.92 Å². The van der Waals surface area contributed by atoms with Gasteiger partial charge in [0.05, 0.1) is 22.3 Å². The van der Waals surface area contributed by atoms with Crippen LogP contribution in [0.15, 0.2) is 18.2 Å². The SMILES string of the molecule is CC(CCCN)C(=O)Nc1cc(C#N)ccc1Cl. The predicted molar refractivity (Wildman–Crippen MR) is 72.2 cm³/mol. The molecule has 1 unspecified atom stereocenters. The van der Waals surface area contributed by atoms with E-state index in [1.54, 1.807) is 18.2 Å². The normalized spacial score (nSPS) is 11.7. The van der Waals surface area contributed by atoms with E-state index < -0.39 is 0 Å². The standard InChI is InChI=1S/C13H16ClN3O/c1-9(3-2-6-15)13(18)17-12-7-10(8-16)4-5-11(12)14/h4-5,7,9H,2-3,6,15H2,1H3,(H,17,18). The van der Waals surface area contributed by atoms with Gasteiger partial charge in [-0.3, -0.25) is 4.79 Å². The Labute approximate surface area is 112 Å². The second-order valence-corrected chi connectivity index (χ2v) is 4.53. The Morgan fingerprint density at radius 3 is 2.94 bits per heavy atom. The maximum absolute atomic E-state index is 11.9. The maximum Gasteiger partial charge on any atom is 0.227 e. The molecule has 1 aromatic rings. The van der Waals surface area contributed by atoms with Crippen LogP contribution in [0.5, 0.6) is 0 Å². The highest BCUT2D eigenvalue weighted by Gasteiger charge is 2.14. The average Bonchev–Trinajstić information content (AvgIpc) is 2.38. The van der Waals surface area contributed by atoms with Crippen molar-refractivity contribution < 1.29 is 4.79 Å². The van der Waals surface area contributed by atoms with Crippen LogP contribution in [0, 0.1) is 17.2 Å². The number of nitrogens with one attached hydrogen (secondary N) is 1. The summed E-state index contributed by atoms with van der Waals surface area (Å²) in [6.07, 6.45) is 1.54. The highest BCUT2D eigenvalue weighted by molar-refractivity contribution is 6.33. The number of nitrogens with zero attached hydrogens (tertiary/aromatic N) is 1. The van der Waals surface area contributed by atoms with Crippen LogP contribution in [0.2, 0.25) is 5.02 Å². The number of carbonyl (C=O) groups excluding carboxylic acids is 1. The largest absolute Gasteiger partial charge is 0.330 e. The number of benzene rings is 1. The molecule has 1 atom stereocenters. The zero-order valence-corrected chi connectivity index (χ0v) is 11.0. The van der Waals surface area contributed by atoms with E-state index in [1.807, 2.05) is 13.0 Å². The minimum Gasteiger partial charge on any atom is -0.330 e.